The van der Waals surface area contributed by atoms with Gasteiger partial charge >= 0.3 is 5.97 Å². The third kappa shape index (κ3) is 8.61. The molecule has 5 unspecified atom stereocenters. The Morgan fingerprint density at radius 1 is 0.862 bits per heavy atom. The van der Waals surface area contributed by atoms with Crippen molar-refractivity contribution < 1.29 is 24.3 Å². The standard InChI is InChI=1S/C19H36N4O5S/c1-7-11(6)15(18(26)22-14(10(4)5)19(27)28)23-16(24)12(8-29)21-17(25)13(20)9(2)3/h9-15,29H,7-8,20H2,1-6H3,(H,21,25)(H,22,26)(H,23,24)(H,27,28). The molecule has 3 amide bonds. The summed E-state index contributed by atoms with van der Waals surface area (Å²) in [7, 11) is 0. The van der Waals surface area contributed by atoms with Crippen LogP contribution in [-0.2, 0) is 19.2 Å². The van der Waals surface area contributed by atoms with E-state index in [-0.39, 0.29) is 23.5 Å². The van der Waals surface area contributed by atoms with Crippen molar-refractivity contribution in [2.45, 2.75) is 72.1 Å². The molecule has 0 saturated heterocycles. The van der Waals surface area contributed by atoms with E-state index in [9.17, 15) is 24.3 Å². The highest BCUT2D eigenvalue weighted by atomic mass is 32.1. The molecule has 0 aliphatic heterocycles. The monoisotopic (exact) mass is 432 g/mol. The van der Waals surface area contributed by atoms with Gasteiger partial charge in [-0.2, -0.15) is 12.6 Å². The van der Waals surface area contributed by atoms with Gasteiger partial charge < -0.3 is 26.8 Å². The van der Waals surface area contributed by atoms with Gasteiger partial charge in [-0.05, 0) is 17.8 Å². The lowest BCUT2D eigenvalue weighted by molar-refractivity contribution is -0.144. The summed E-state index contributed by atoms with van der Waals surface area (Å²) in [6, 6.07) is -3.78. The van der Waals surface area contributed by atoms with Crippen LogP contribution < -0.4 is 21.7 Å². The molecule has 0 bridgehead atoms. The van der Waals surface area contributed by atoms with Crippen molar-refractivity contribution in [2.75, 3.05) is 5.75 Å². The van der Waals surface area contributed by atoms with Crippen LogP contribution in [0.4, 0.5) is 0 Å². The SMILES string of the molecule is CCC(C)C(NC(=O)C(CS)NC(=O)C(N)C(C)C)C(=O)NC(C(=O)O)C(C)C. The maximum atomic E-state index is 12.7. The zero-order valence-electron chi connectivity index (χ0n) is 18.1. The summed E-state index contributed by atoms with van der Waals surface area (Å²) in [5.41, 5.74) is 5.81. The first-order valence-electron chi connectivity index (χ1n) is 9.87. The highest BCUT2D eigenvalue weighted by molar-refractivity contribution is 7.80. The lowest BCUT2D eigenvalue weighted by Gasteiger charge is -2.28. The van der Waals surface area contributed by atoms with E-state index in [1.165, 1.54) is 0 Å². The van der Waals surface area contributed by atoms with Crippen LogP contribution in [-0.4, -0.2) is 58.7 Å². The highest BCUT2D eigenvalue weighted by Crippen LogP contribution is 2.11. The van der Waals surface area contributed by atoms with Gasteiger partial charge in [0.15, 0.2) is 0 Å². The quantitative estimate of drug-likeness (QED) is 0.241. The third-order valence-corrected chi connectivity index (χ3v) is 5.23. The van der Waals surface area contributed by atoms with E-state index >= 15 is 0 Å². The normalized spacial score (nSPS) is 16.5. The minimum Gasteiger partial charge on any atom is -0.480 e. The summed E-state index contributed by atoms with van der Waals surface area (Å²) in [6.07, 6.45) is 0.577. The molecule has 10 heteroatoms. The third-order valence-electron chi connectivity index (χ3n) is 4.86. The van der Waals surface area contributed by atoms with E-state index in [1.54, 1.807) is 34.6 Å². The van der Waals surface area contributed by atoms with Crippen LogP contribution in [0.25, 0.3) is 0 Å². The van der Waals surface area contributed by atoms with Crippen LogP contribution in [0.5, 0.6) is 0 Å². The van der Waals surface area contributed by atoms with Crippen LogP contribution >= 0.6 is 12.6 Å². The number of aliphatic carboxylic acids is 1. The molecule has 0 aromatic heterocycles. The molecule has 0 rings (SSSR count). The summed E-state index contributed by atoms with van der Waals surface area (Å²) in [6.45, 7) is 10.6. The van der Waals surface area contributed by atoms with Gasteiger partial charge in [0.05, 0.1) is 6.04 Å². The minimum atomic E-state index is -1.15. The van der Waals surface area contributed by atoms with E-state index in [1.807, 2.05) is 6.92 Å². The molecule has 9 nitrogen and oxygen atoms in total. The van der Waals surface area contributed by atoms with Crippen molar-refractivity contribution in [2.24, 2.45) is 23.5 Å². The van der Waals surface area contributed by atoms with Crippen LogP contribution in [0.2, 0.25) is 0 Å². The molecule has 0 aromatic rings. The summed E-state index contributed by atoms with van der Waals surface area (Å²) >= 11 is 4.11. The van der Waals surface area contributed by atoms with Crippen LogP contribution in [0.15, 0.2) is 0 Å². The lowest BCUT2D eigenvalue weighted by Crippen LogP contribution is -2.59. The van der Waals surface area contributed by atoms with Gasteiger partial charge in [-0.3, -0.25) is 14.4 Å². The molecule has 0 aliphatic rings. The zero-order valence-corrected chi connectivity index (χ0v) is 19.0. The fraction of sp³-hybridized carbons (Fsp3) is 0.789. The average molecular weight is 433 g/mol. The highest BCUT2D eigenvalue weighted by Gasteiger charge is 2.33. The second-order valence-electron chi connectivity index (χ2n) is 7.95. The molecular formula is C19H36N4O5S. The van der Waals surface area contributed by atoms with Crippen molar-refractivity contribution in [1.29, 1.82) is 0 Å². The van der Waals surface area contributed by atoms with Crippen molar-refractivity contribution in [3.05, 3.63) is 0 Å². The number of hydrogen-bond acceptors (Lipinski definition) is 6. The number of nitrogens with one attached hydrogen (secondary N) is 3. The first kappa shape index (κ1) is 27.2. The van der Waals surface area contributed by atoms with Crippen LogP contribution in [0.1, 0.15) is 48.0 Å². The number of nitrogens with two attached hydrogens (primary N) is 1. The number of hydrogen-bond donors (Lipinski definition) is 6. The molecule has 0 saturated carbocycles. The Balaban J connectivity index is 5.34. The Labute approximate surface area is 178 Å². The van der Waals surface area contributed by atoms with Crippen molar-refractivity contribution in [1.82, 2.24) is 16.0 Å². The first-order chi connectivity index (χ1) is 13.4. The van der Waals surface area contributed by atoms with Gasteiger partial charge in [0, 0.05) is 5.75 Å². The van der Waals surface area contributed by atoms with E-state index in [0.717, 1.165) is 0 Å². The maximum Gasteiger partial charge on any atom is 0.326 e. The van der Waals surface area contributed by atoms with Gasteiger partial charge in [0.1, 0.15) is 18.1 Å². The predicted octanol–water partition coefficient (Wildman–Crippen LogP) is 0.141. The molecule has 0 fully saturated rings. The minimum absolute atomic E-state index is 0.0149. The largest absolute Gasteiger partial charge is 0.480 e. The maximum absolute atomic E-state index is 12.7. The van der Waals surface area contributed by atoms with Crippen LogP contribution in [0, 0.1) is 17.8 Å². The summed E-state index contributed by atoms with van der Waals surface area (Å²) in [5, 5.41) is 17.0. The topological polar surface area (TPSA) is 151 Å². The van der Waals surface area contributed by atoms with E-state index in [4.69, 9.17) is 5.73 Å². The summed E-state index contributed by atoms with van der Waals surface area (Å²) < 4.78 is 0. The molecule has 0 radical (unpaired) electrons. The molecule has 5 atom stereocenters. The van der Waals surface area contributed by atoms with Gasteiger partial charge in [-0.1, -0.05) is 48.0 Å². The van der Waals surface area contributed by atoms with Crippen molar-refractivity contribution in [3.8, 4) is 0 Å². The second-order valence-corrected chi connectivity index (χ2v) is 8.32. The van der Waals surface area contributed by atoms with Gasteiger partial charge in [0.2, 0.25) is 17.7 Å². The number of thiol groups is 1. The number of carboxylic acids is 1. The van der Waals surface area contributed by atoms with E-state index in [0.29, 0.717) is 6.42 Å². The Hall–Kier alpha value is -1.81. The Bertz CT molecular complexity index is 585. The molecular weight excluding hydrogens is 396 g/mol. The predicted molar refractivity (Wildman–Crippen MR) is 114 cm³/mol. The van der Waals surface area contributed by atoms with E-state index in [2.05, 4.69) is 28.6 Å². The fourth-order valence-corrected chi connectivity index (χ4v) is 2.73. The lowest BCUT2D eigenvalue weighted by atomic mass is 9.96. The number of carbonyl (C=O) groups is 4. The number of carboxylic acid groups (broad SMARTS) is 1. The first-order valence-corrected chi connectivity index (χ1v) is 10.5. The number of rotatable bonds is 12. The fourth-order valence-electron chi connectivity index (χ4n) is 2.48. The number of carbonyl (C=O) groups excluding carboxylic acids is 3. The molecule has 0 aromatic carbocycles. The molecule has 168 valence electrons. The Morgan fingerprint density at radius 3 is 1.76 bits per heavy atom. The molecule has 0 heterocycles. The Morgan fingerprint density at radius 2 is 1.38 bits per heavy atom. The molecule has 29 heavy (non-hydrogen) atoms. The molecule has 0 aliphatic carbocycles. The molecule has 6 N–H and O–H groups in total. The van der Waals surface area contributed by atoms with E-state index < -0.39 is 47.9 Å². The smallest absolute Gasteiger partial charge is 0.326 e. The zero-order chi connectivity index (χ0) is 22.9. The van der Waals surface area contributed by atoms with Crippen molar-refractivity contribution in [3.63, 3.8) is 0 Å². The van der Waals surface area contributed by atoms with Gasteiger partial charge in [0.25, 0.3) is 0 Å². The Kier molecular flexibility index (Phi) is 11.9. The van der Waals surface area contributed by atoms with Crippen molar-refractivity contribution >= 4 is 36.3 Å². The summed E-state index contributed by atoms with van der Waals surface area (Å²) in [5.74, 6) is -3.47. The molecule has 0 spiro atoms. The van der Waals surface area contributed by atoms with Gasteiger partial charge in [-0.15, -0.1) is 0 Å². The second kappa shape index (κ2) is 12.7. The van der Waals surface area contributed by atoms with Gasteiger partial charge in [-0.25, -0.2) is 4.79 Å². The number of amides is 3. The van der Waals surface area contributed by atoms with Crippen LogP contribution in [0.3, 0.4) is 0 Å². The average Bonchev–Trinajstić information content (AvgIpc) is 2.65. The summed E-state index contributed by atoms with van der Waals surface area (Å²) in [4.78, 5) is 48.9.